The number of hydrogen-bond acceptors (Lipinski definition) is 2. The Labute approximate surface area is 115 Å². The second-order valence-electron chi connectivity index (χ2n) is 3.53. The third-order valence-electron chi connectivity index (χ3n) is 2.26. The molecule has 0 N–H and O–H groups in total. The average molecular weight is 334 g/mol. The summed E-state index contributed by atoms with van der Waals surface area (Å²) in [6, 6.07) is 6.04. The highest BCUT2D eigenvalue weighted by Crippen LogP contribution is 2.29. The first-order valence-electron chi connectivity index (χ1n) is 4.74. The monoisotopic (exact) mass is 332 g/mol. The summed E-state index contributed by atoms with van der Waals surface area (Å²) in [5, 5.41) is 0. The van der Waals surface area contributed by atoms with E-state index in [-0.39, 0.29) is 5.78 Å². The van der Waals surface area contributed by atoms with E-state index in [0.717, 1.165) is 5.56 Å². The number of carbonyl (C=O) groups excluding carboxylic acids is 1. The summed E-state index contributed by atoms with van der Waals surface area (Å²) in [6.45, 7) is 1.83. The molecule has 1 heterocycles. The van der Waals surface area contributed by atoms with Crippen molar-refractivity contribution < 1.29 is 9.18 Å². The molecule has 0 bridgehead atoms. The fourth-order valence-electron chi connectivity index (χ4n) is 1.35. The third kappa shape index (κ3) is 2.59. The van der Waals surface area contributed by atoms with Gasteiger partial charge in [-0.25, -0.2) is 4.39 Å². The molecule has 0 saturated carbocycles. The van der Waals surface area contributed by atoms with Crippen LogP contribution in [0.5, 0.6) is 0 Å². The van der Waals surface area contributed by atoms with E-state index in [4.69, 9.17) is 11.6 Å². The number of aryl methyl sites for hydroxylation is 1. The van der Waals surface area contributed by atoms with Crippen molar-refractivity contribution in [2.45, 2.75) is 6.92 Å². The predicted molar refractivity (Wildman–Crippen MR) is 71.6 cm³/mol. The molecular weight excluding hydrogens is 327 g/mol. The van der Waals surface area contributed by atoms with E-state index >= 15 is 0 Å². The number of ketones is 1. The van der Waals surface area contributed by atoms with Crippen molar-refractivity contribution in [1.82, 2.24) is 0 Å². The number of carbonyl (C=O) groups is 1. The third-order valence-corrected chi connectivity index (χ3v) is 4.46. The molecular formula is C12H7BrClFOS. The molecule has 1 aromatic carbocycles. The normalized spacial score (nSPS) is 10.6. The van der Waals surface area contributed by atoms with E-state index in [1.165, 1.54) is 23.5 Å². The van der Waals surface area contributed by atoms with Gasteiger partial charge in [0.05, 0.1) is 13.7 Å². The minimum absolute atomic E-state index is 0.212. The molecule has 88 valence electrons. The van der Waals surface area contributed by atoms with Crippen LogP contribution < -0.4 is 0 Å². The summed E-state index contributed by atoms with van der Waals surface area (Å²) in [5.74, 6) is -0.661. The zero-order valence-electron chi connectivity index (χ0n) is 8.76. The Bertz CT molecular complexity index is 575. The minimum atomic E-state index is -0.449. The Morgan fingerprint density at radius 1 is 1.41 bits per heavy atom. The quantitative estimate of drug-likeness (QED) is 0.719. The molecule has 0 amide bonds. The highest BCUT2D eigenvalue weighted by atomic mass is 79.9. The summed E-state index contributed by atoms with van der Waals surface area (Å²) in [6.07, 6.45) is 0. The number of rotatable bonds is 2. The lowest BCUT2D eigenvalue weighted by Crippen LogP contribution is -1.99. The van der Waals surface area contributed by atoms with Gasteiger partial charge >= 0.3 is 0 Å². The van der Waals surface area contributed by atoms with E-state index in [0.29, 0.717) is 19.2 Å². The second kappa shape index (κ2) is 4.88. The smallest absolute Gasteiger partial charge is 0.203 e. The van der Waals surface area contributed by atoms with Gasteiger partial charge in [-0.3, -0.25) is 4.79 Å². The standard InChI is InChI=1S/C12H7BrClFOS/c1-6-4-10(17-12(6)14)11(16)7-2-3-8(13)9(15)5-7/h2-5H,1H3. The van der Waals surface area contributed by atoms with Gasteiger partial charge in [0.1, 0.15) is 5.82 Å². The van der Waals surface area contributed by atoms with Gasteiger partial charge in [-0.1, -0.05) is 11.6 Å². The van der Waals surface area contributed by atoms with Crippen LogP contribution in [0.3, 0.4) is 0 Å². The van der Waals surface area contributed by atoms with Crippen molar-refractivity contribution in [1.29, 1.82) is 0 Å². The molecule has 1 nitrogen and oxygen atoms in total. The van der Waals surface area contributed by atoms with E-state index in [1.807, 2.05) is 6.92 Å². The second-order valence-corrected chi connectivity index (χ2v) is 6.03. The van der Waals surface area contributed by atoms with Crippen molar-refractivity contribution in [3.63, 3.8) is 0 Å². The lowest BCUT2D eigenvalue weighted by molar-refractivity contribution is 0.104. The summed E-state index contributed by atoms with van der Waals surface area (Å²) in [5.41, 5.74) is 1.18. The van der Waals surface area contributed by atoms with Crippen molar-refractivity contribution in [3.05, 3.63) is 54.9 Å². The van der Waals surface area contributed by atoms with Crippen LogP contribution in [0.2, 0.25) is 4.34 Å². The fraction of sp³-hybridized carbons (Fsp3) is 0.0833. The lowest BCUT2D eigenvalue weighted by atomic mass is 10.1. The molecule has 0 saturated heterocycles. The molecule has 0 aliphatic rings. The fourth-order valence-corrected chi connectivity index (χ4v) is 2.76. The summed E-state index contributed by atoms with van der Waals surface area (Å²) >= 11 is 10.2. The van der Waals surface area contributed by atoms with Crippen LogP contribution in [0.15, 0.2) is 28.7 Å². The molecule has 0 aliphatic heterocycles. The first-order valence-corrected chi connectivity index (χ1v) is 6.73. The van der Waals surface area contributed by atoms with Crippen molar-refractivity contribution >= 4 is 44.7 Å². The van der Waals surface area contributed by atoms with Crippen LogP contribution in [-0.4, -0.2) is 5.78 Å². The van der Waals surface area contributed by atoms with Crippen LogP contribution in [0.1, 0.15) is 20.8 Å². The van der Waals surface area contributed by atoms with Gasteiger partial charge in [0, 0.05) is 5.56 Å². The maximum absolute atomic E-state index is 13.3. The zero-order chi connectivity index (χ0) is 12.6. The zero-order valence-corrected chi connectivity index (χ0v) is 11.9. The van der Waals surface area contributed by atoms with Gasteiger partial charge in [-0.2, -0.15) is 0 Å². The molecule has 5 heteroatoms. The molecule has 0 unspecified atom stereocenters. The van der Waals surface area contributed by atoms with E-state index in [2.05, 4.69) is 15.9 Å². The van der Waals surface area contributed by atoms with E-state index < -0.39 is 5.82 Å². The Kier molecular flexibility index (Phi) is 3.66. The first-order chi connectivity index (χ1) is 7.99. The van der Waals surface area contributed by atoms with Gasteiger partial charge in [0.25, 0.3) is 0 Å². The average Bonchev–Trinajstić information content (AvgIpc) is 2.62. The van der Waals surface area contributed by atoms with Crippen molar-refractivity contribution in [2.24, 2.45) is 0 Å². The summed E-state index contributed by atoms with van der Waals surface area (Å²) in [7, 11) is 0. The molecule has 0 fully saturated rings. The van der Waals surface area contributed by atoms with Gasteiger partial charge in [-0.05, 0) is 52.7 Å². The van der Waals surface area contributed by atoms with Crippen LogP contribution >= 0.6 is 38.9 Å². The summed E-state index contributed by atoms with van der Waals surface area (Å²) < 4.78 is 14.2. The molecule has 2 rings (SSSR count). The SMILES string of the molecule is Cc1cc(C(=O)c2ccc(Br)c(F)c2)sc1Cl. The highest BCUT2D eigenvalue weighted by Gasteiger charge is 2.15. The topological polar surface area (TPSA) is 17.1 Å². The van der Waals surface area contributed by atoms with Gasteiger partial charge in [0.15, 0.2) is 0 Å². The van der Waals surface area contributed by atoms with E-state index in [9.17, 15) is 9.18 Å². The van der Waals surface area contributed by atoms with E-state index in [1.54, 1.807) is 12.1 Å². The molecule has 1 aromatic heterocycles. The molecule has 0 radical (unpaired) electrons. The van der Waals surface area contributed by atoms with Crippen molar-refractivity contribution in [3.8, 4) is 0 Å². The van der Waals surface area contributed by atoms with Crippen LogP contribution in [0, 0.1) is 12.7 Å². The molecule has 0 atom stereocenters. The van der Waals surface area contributed by atoms with Gasteiger partial charge in [-0.15, -0.1) is 11.3 Å². The maximum atomic E-state index is 13.3. The Morgan fingerprint density at radius 2 is 2.12 bits per heavy atom. The summed E-state index contributed by atoms with van der Waals surface area (Å²) in [4.78, 5) is 12.6. The number of thiophene rings is 1. The molecule has 17 heavy (non-hydrogen) atoms. The molecule has 0 aliphatic carbocycles. The maximum Gasteiger partial charge on any atom is 0.203 e. The van der Waals surface area contributed by atoms with Crippen LogP contribution in [-0.2, 0) is 0 Å². The highest BCUT2D eigenvalue weighted by molar-refractivity contribution is 9.10. The van der Waals surface area contributed by atoms with Gasteiger partial charge < -0.3 is 0 Å². The Morgan fingerprint density at radius 3 is 2.65 bits per heavy atom. The van der Waals surface area contributed by atoms with Gasteiger partial charge in [0.2, 0.25) is 5.78 Å². The predicted octanol–water partition coefficient (Wildman–Crippen LogP) is 4.84. The first kappa shape index (κ1) is 12.7. The number of hydrogen-bond donors (Lipinski definition) is 0. The van der Waals surface area contributed by atoms with Crippen molar-refractivity contribution in [2.75, 3.05) is 0 Å². The number of benzene rings is 1. The minimum Gasteiger partial charge on any atom is -0.288 e. The Hall–Kier alpha value is -0.710. The number of halogens is 3. The Balaban J connectivity index is 2.40. The van der Waals surface area contributed by atoms with Crippen LogP contribution in [0.4, 0.5) is 4.39 Å². The largest absolute Gasteiger partial charge is 0.288 e. The molecule has 0 spiro atoms. The lowest BCUT2D eigenvalue weighted by Gasteiger charge is -1.99. The van der Waals surface area contributed by atoms with Crippen LogP contribution in [0.25, 0.3) is 0 Å². The molecule has 2 aromatic rings.